The van der Waals surface area contributed by atoms with Crippen LogP contribution in [0, 0.1) is 5.82 Å². The number of nitrogens with zero attached hydrogens (tertiary/aromatic N) is 4. The van der Waals surface area contributed by atoms with E-state index in [1.165, 1.54) is 12.1 Å². The van der Waals surface area contributed by atoms with Gasteiger partial charge in [-0.3, -0.25) is 14.5 Å². The summed E-state index contributed by atoms with van der Waals surface area (Å²) in [6, 6.07) is 17.5. The average Bonchev–Trinajstić information content (AvgIpc) is 3.31. The van der Waals surface area contributed by atoms with E-state index in [0.29, 0.717) is 40.7 Å². The third-order valence-corrected chi connectivity index (χ3v) is 6.26. The zero-order chi connectivity index (χ0) is 26.1. The molecule has 0 fully saturated rings. The predicted octanol–water partition coefficient (Wildman–Crippen LogP) is 4.62. The van der Waals surface area contributed by atoms with Crippen LogP contribution in [-0.2, 0) is 29.2 Å². The van der Waals surface area contributed by atoms with Gasteiger partial charge < -0.3 is 15.4 Å². The molecule has 1 aromatic heterocycles. The van der Waals surface area contributed by atoms with Crippen molar-refractivity contribution in [3.63, 3.8) is 0 Å². The van der Waals surface area contributed by atoms with E-state index >= 15 is 0 Å². The van der Waals surface area contributed by atoms with Crippen LogP contribution in [0.4, 0.5) is 10.3 Å². The van der Waals surface area contributed by atoms with Crippen LogP contribution in [0.5, 0.6) is 0 Å². The Morgan fingerprint density at radius 1 is 1.00 bits per heavy atom. The molecule has 1 amide bonds. The van der Waals surface area contributed by atoms with Gasteiger partial charge in [0, 0.05) is 18.5 Å². The molecule has 0 aliphatic carbocycles. The van der Waals surface area contributed by atoms with Crippen molar-refractivity contribution in [3.8, 4) is 11.1 Å². The van der Waals surface area contributed by atoms with Crippen molar-refractivity contribution >= 4 is 53.5 Å². The number of rotatable bonds is 6. The number of nitrogens with two attached hydrogens (primary N) is 1. The fourth-order valence-electron chi connectivity index (χ4n) is 4.51. The number of carbonyl (C=O) groups excluding carboxylic acids is 2. The molecule has 0 radical (unpaired) electrons. The number of anilines is 1. The topological polar surface area (TPSA) is 102 Å². The first-order valence-corrected chi connectivity index (χ1v) is 11.8. The summed E-state index contributed by atoms with van der Waals surface area (Å²) < 4.78 is 19.7. The maximum absolute atomic E-state index is 14.3. The third kappa shape index (κ3) is 6.44. The van der Waals surface area contributed by atoms with Gasteiger partial charge in [0.15, 0.2) is 0 Å². The Labute approximate surface area is 237 Å². The largest absolute Gasteiger partial charge is 0.460 e. The molecule has 39 heavy (non-hydrogen) atoms. The first-order chi connectivity index (χ1) is 17.8. The van der Waals surface area contributed by atoms with E-state index in [0.717, 1.165) is 11.1 Å². The second kappa shape index (κ2) is 12.4. The molecule has 0 unspecified atom stereocenters. The summed E-state index contributed by atoms with van der Waals surface area (Å²) in [5.41, 5.74) is 10.6. The summed E-state index contributed by atoms with van der Waals surface area (Å²) >= 11 is 0. The van der Waals surface area contributed by atoms with Crippen molar-refractivity contribution in [2.75, 3.05) is 26.4 Å². The summed E-state index contributed by atoms with van der Waals surface area (Å²) in [6.45, 7) is 1.08. The van der Waals surface area contributed by atoms with Gasteiger partial charge in [-0.15, -0.1) is 24.8 Å². The Morgan fingerprint density at radius 2 is 1.69 bits per heavy atom. The Bertz CT molecular complexity index is 1510. The van der Waals surface area contributed by atoms with Crippen LogP contribution >= 0.6 is 24.8 Å². The molecule has 3 aromatic carbocycles. The molecule has 0 bridgehead atoms. The molecule has 4 aromatic rings. The van der Waals surface area contributed by atoms with Crippen molar-refractivity contribution in [1.82, 2.24) is 19.8 Å². The Morgan fingerprint density at radius 3 is 2.36 bits per heavy atom. The summed E-state index contributed by atoms with van der Waals surface area (Å²) in [7, 11) is 3.54. The highest BCUT2D eigenvalue weighted by atomic mass is 35.5. The fourth-order valence-corrected chi connectivity index (χ4v) is 4.51. The molecule has 5 rings (SSSR count). The first-order valence-electron chi connectivity index (χ1n) is 11.8. The van der Waals surface area contributed by atoms with Crippen molar-refractivity contribution < 1.29 is 18.7 Å². The first kappa shape index (κ1) is 29.8. The zero-order valence-electron chi connectivity index (χ0n) is 21.4. The highest BCUT2D eigenvalue weighted by Gasteiger charge is 2.27. The van der Waals surface area contributed by atoms with Crippen molar-refractivity contribution in [2.45, 2.75) is 19.7 Å². The van der Waals surface area contributed by atoms with Gasteiger partial charge in [-0.1, -0.05) is 36.4 Å². The van der Waals surface area contributed by atoms with E-state index in [4.69, 9.17) is 10.5 Å². The quantitative estimate of drug-likeness (QED) is 0.337. The van der Waals surface area contributed by atoms with Crippen LogP contribution in [0.3, 0.4) is 0 Å². The standard InChI is InChI=1S/C28H26FN5O3.2ClH/c1-33(2)15-25(35)37-16-20-7-9-21(29)12-22(20)17-8-10-24-23(11-17)26(32-28(30)31-24)27(36)34-13-18-5-3-4-6-19(18)14-34;;/h3-12H,13-16H2,1-2H3,(H2,30,31,32);2*1H. The van der Waals surface area contributed by atoms with Crippen LogP contribution in [0.2, 0.25) is 0 Å². The molecule has 0 saturated carbocycles. The van der Waals surface area contributed by atoms with Crippen LogP contribution in [0.1, 0.15) is 27.2 Å². The van der Waals surface area contributed by atoms with Crippen molar-refractivity contribution in [2.24, 2.45) is 0 Å². The lowest BCUT2D eigenvalue weighted by atomic mass is 9.97. The molecule has 1 aliphatic rings. The molecule has 0 spiro atoms. The molecule has 8 nitrogen and oxygen atoms in total. The lowest BCUT2D eigenvalue weighted by Gasteiger charge is -2.17. The van der Waals surface area contributed by atoms with Crippen molar-refractivity contribution in [1.29, 1.82) is 0 Å². The number of aromatic nitrogens is 2. The molecule has 11 heteroatoms. The number of likely N-dealkylation sites (N-methyl/N-ethyl adjacent to an activating group) is 1. The van der Waals surface area contributed by atoms with Crippen molar-refractivity contribution in [3.05, 3.63) is 88.9 Å². The summed E-state index contributed by atoms with van der Waals surface area (Å²) in [6.07, 6.45) is 0. The molecular formula is C28H28Cl2FN5O3. The van der Waals surface area contributed by atoms with Crippen LogP contribution in [0.25, 0.3) is 22.0 Å². The smallest absolute Gasteiger partial charge is 0.320 e. The monoisotopic (exact) mass is 571 g/mol. The second-order valence-corrected chi connectivity index (χ2v) is 9.29. The number of carbonyl (C=O) groups is 2. The van der Waals surface area contributed by atoms with Crippen LogP contribution in [-0.4, -0.2) is 52.3 Å². The van der Waals surface area contributed by atoms with Gasteiger partial charge in [0.1, 0.15) is 18.1 Å². The molecule has 1 aliphatic heterocycles. The second-order valence-electron chi connectivity index (χ2n) is 9.29. The highest BCUT2D eigenvalue weighted by Crippen LogP contribution is 2.31. The molecule has 2 N–H and O–H groups in total. The van der Waals surface area contributed by atoms with E-state index in [1.54, 1.807) is 48.2 Å². The molecule has 0 saturated heterocycles. The maximum Gasteiger partial charge on any atom is 0.320 e. The number of hydrogen-bond donors (Lipinski definition) is 1. The number of hydrogen-bond acceptors (Lipinski definition) is 7. The number of amides is 1. The molecular weight excluding hydrogens is 544 g/mol. The normalized spacial score (nSPS) is 12.1. The highest BCUT2D eigenvalue weighted by molar-refractivity contribution is 6.06. The SMILES string of the molecule is CN(C)CC(=O)OCc1ccc(F)cc1-c1ccc2nc(N)nc(C(=O)N3Cc4ccccc4C3)c2c1.Cl.Cl. The maximum atomic E-state index is 14.3. The number of ether oxygens (including phenoxy) is 1. The van der Waals surface area contributed by atoms with Gasteiger partial charge in [-0.2, -0.15) is 0 Å². The predicted molar refractivity (Wildman–Crippen MR) is 152 cm³/mol. The summed E-state index contributed by atoms with van der Waals surface area (Å²) in [4.78, 5) is 37.7. The Balaban J connectivity index is 0.00000210. The molecule has 0 atom stereocenters. The van der Waals surface area contributed by atoms with Gasteiger partial charge in [0.25, 0.3) is 5.91 Å². The molecule has 204 valence electrons. The van der Waals surface area contributed by atoms with Gasteiger partial charge >= 0.3 is 5.97 Å². The number of fused-ring (bicyclic) bond motifs is 2. The number of halogens is 3. The fraction of sp³-hybridized carbons (Fsp3) is 0.214. The van der Waals surface area contributed by atoms with E-state index in [-0.39, 0.29) is 61.5 Å². The molecule has 2 heterocycles. The van der Waals surface area contributed by atoms with Gasteiger partial charge in [-0.05, 0) is 66.2 Å². The lowest BCUT2D eigenvalue weighted by Crippen LogP contribution is -2.27. The van der Waals surface area contributed by atoms with Gasteiger partial charge in [0.05, 0.1) is 12.1 Å². The van der Waals surface area contributed by atoms with E-state index in [1.807, 2.05) is 24.3 Å². The van der Waals surface area contributed by atoms with Crippen LogP contribution < -0.4 is 5.73 Å². The number of esters is 1. The summed E-state index contributed by atoms with van der Waals surface area (Å²) in [5.74, 6) is -1.08. The minimum Gasteiger partial charge on any atom is -0.460 e. The number of benzene rings is 3. The van der Waals surface area contributed by atoms with Crippen LogP contribution in [0.15, 0.2) is 60.7 Å². The summed E-state index contributed by atoms with van der Waals surface area (Å²) in [5, 5.41) is 0.507. The lowest BCUT2D eigenvalue weighted by molar-refractivity contribution is -0.145. The average molecular weight is 572 g/mol. The van der Waals surface area contributed by atoms with E-state index < -0.39 is 5.82 Å². The Hall–Kier alpha value is -3.79. The minimum absolute atomic E-state index is 0. The zero-order valence-corrected chi connectivity index (χ0v) is 23.0. The van der Waals surface area contributed by atoms with Gasteiger partial charge in [0.2, 0.25) is 5.95 Å². The number of nitrogen functional groups attached to an aromatic ring is 1. The van der Waals surface area contributed by atoms with E-state index in [2.05, 4.69) is 9.97 Å². The van der Waals surface area contributed by atoms with E-state index in [9.17, 15) is 14.0 Å². The minimum atomic E-state index is -0.432. The Kier molecular flexibility index (Phi) is 9.45. The van der Waals surface area contributed by atoms with Gasteiger partial charge in [-0.25, -0.2) is 14.4 Å². The third-order valence-electron chi connectivity index (χ3n) is 6.26.